The van der Waals surface area contributed by atoms with Crippen LogP contribution in [0, 0.1) is 0 Å². The molecule has 0 aliphatic heterocycles. The number of methoxy groups -OCH3 is 1. The van der Waals surface area contributed by atoms with Crippen molar-refractivity contribution in [2.75, 3.05) is 7.11 Å². The Balaban J connectivity index is 2.94. The molecule has 1 heterocycles. The van der Waals surface area contributed by atoms with Crippen LogP contribution in [-0.4, -0.2) is 13.4 Å². The zero-order chi connectivity index (χ0) is 10.8. The normalized spacial score (nSPS) is 10.2. The Morgan fingerprint density at radius 1 is 1.33 bits per heavy atom. The van der Waals surface area contributed by atoms with Crippen LogP contribution in [0.3, 0.4) is 0 Å². The van der Waals surface area contributed by atoms with Crippen LogP contribution in [0.4, 0.5) is 0 Å². The highest BCUT2D eigenvalue weighted by Crippen LogP contribution is 2.24. The zero-order valence-electron chi connectivity index (χ0n) is 8.02. The number of carbonyl (C=O) groups excluding carboxylic acids is 1. The minimum atomic E-state index is -0.179. The third kappa shape index (κ3) is 1.40. The van der Waals surface area contributed by atoms with E-state index in [0.717, 1.165) is 0 Å². The molecule has 0 unspecified atom stereocenters. The molecule has 0 saturated carbocycles. The number of aldehydes is 1. The first-order chi connectivity index (χ1) is 7.27. The zero-order valence-corrected chi connectivity index (χ0v) is 8.02. The highest BCUT2D eigenvalue weighted by molar-refractivity contribution is 5.97. The van der Waals surface area contributed by atoms with Gasteiger partial charge in [-0.05, 0) is 12.1 Å². The molecule has 0 aliphatic carbocycles. The molecule has 0 radical (unpaired) electrons. The Kier molecular flexibility index (Phi) is 2.25. The van der Waals surface area contributed by atoms with Crippen molar-refractivity contribution >= 4 is 17.3 Å². The number of carbonyl (C=O) groups is 1. The number of fused-ring (bicyclic) bond motifs is 1. The van der Waals surface area contributed by atoms with Crippen molar-refractivity contribution in [1.82, 2.24) is 0 Å². The number of rotatable bonds is 2. The smallest absolute Gasteiger partial charge is 0.192 e. The summed E-state index contributed by atoms with van der Waals surface area (Å²) in [6.07, 6.45) is 1.88. The molecule has 4 nitrogen and oxygen atoms in total. The fourth-order valence-corrected chi connectivity index (χ4v) is 1.45. The van der Waals surface area contributed by atoms with Crippen LogP contribution in [0.1, 0.15) is 10.4 Å². The minimum Gasteiger partial charge on any atom is -0.496 e. The molecule has 2 aromatic rings. The Morgan fingerprint density at radius 2 is 2.13 bits per heavy atom. The van der Waals surface area contributed by atoms with E-state index in [4.69, 9.17) is 9.15 Å². The molecule has 76 valence electrons. The second-order valence-electron chi connectivity index (χ2n) is 2.96. The molecule has 2 rings (SSSR count). The SMILES string of the molecule is COc1ccc2c(=O)ccoc2c1C=O. The largest absolute Gasteiger partial charge is 0.496 e. The maximum atomic E-state index is 11.4. The van der Waals surface area contributed by atoms with Crippen molar-refractivity contribution in [3.63, 3.8) is 0 Å². The van der Waals surface area contributed by atoms with Gasteiger partial charge in [-0.15, -0.1) is 0 Å². The van der Waals surface area contributed by atoms with Gasteiger partial charge in [0.1, 0.15) is 5.75 Å². The van der Waals surface area contributed by atoms with Gasteiger partial charge in [-0.1, -0.05) is 0 Å². The van der Waals surface area contributed by atoms with Gasteiger partial charge in [0.25, 0.3) is 0 Å². The summed E-state index contributed by atoms with van der Waals surface area (Å²) >= 11 is 0. The maximum absolute atomic E-state index is 11.4. The van der Waals surface area contributed by atoms with Crippen molar-refractivity contribution < 1.29 is 13.9 Å². The Labute approximate surface area is 85.1 Å². The molecule has 15 heavy (non-hydrogen) atoms. The van der Waals surface area contributed by atoms with Crippen LogP contribution in [0.2, 0.25) is 0 Å². The van der Waals surface area contributed by atoms with Crippen LogP contribution in [-0.2, 0) is 0 Å². The summed E-state index contributed by atoms with van der Waals surface area (Å²) in [6, 6.07) is 4.46. The van der Waals surface area contributed by atoms with E-state index in [2.05, 4.69) is 0 Å². The van der Waals surface area contributed by atoms with Gasteiger partial charge in [0, 0.05) is 6.07 Å². The average molecular weight is 204 g/mol. The molecular weight excluding hydrogens is 196 g/mol. The third-order valence-electron chi connectivity index (χ3n) is 2.16. The molecule has 0 N–H and O–H groups in total. The Bertz CT molecular complexity index is 568. The summed E-state index contributed by atoms with van der Waals surface area (Å²) in [6.45, 7) is 0. The second-order valence-corrected chi connectivity index (χ2v) is 2.96. The first-order valence-electron chi connectivity index (χ1n) is 4.31. The van der Waals surface area contributed by atoms with Crippen LogP contribution in [0.5, 0.6) is 5.75 Å². The summed E-state index contributed by atoms with van der Waals surface area (Å²) in [5.74, 6) is 0.395. The number of hydrogen-bond donors (Lipinski definition) is 0. The van der Waals surface area contributed by atoms with E-state index in [-0.39, 0.29) is 16.6 Å². The lowest BCUT2D eigenvalue weighted by atomic mass is 10.1. The predicted octanol–water partition coefficient (Wildman–Crippen LogP) is 1.61. The topological polar surface area (TPSA) is 56.5 Å². The molecule has 0 spiro atoms. The molecule has 0 aliphatic rings. The predicted molar refractivity (Wildman–Crippen MR) is 54.4 cm³/mol. The van der Waals surface area contributed by atoms with Gasteiger partial charge in [0.2, 0.25) is 0 Å². The van der Waals surface area contributed by atoms with Gasteiger partial charge >= 0.3 is 0 Å². The van der Waals surface area contributed by atoms with Crippen LogP contribution >= 0.6 is 0 Å². The molecular formula is C11H8O4. The van der Waals surface area contributed by atoms with E-state index in [0.29, 0.717) is 17.4 Å². The summed E-state index contributed by atoms with van der Waals surface area (Å²) in [5.41, 5.74) is 0.339. The van der Waals surface area contributed by atoms with E-state index in [9.17, 15) is 9.59 Å². The van der Waals surface area contributed by atoms with Gasteiger partial charge in [0.15, 0.2) is 17.3 Å². The van der Waals surface area contributed by atoms with Crippen molar-refractivity contribution in [2.45, 2.75) is 0 Å². The summed E-state index contributed by atoms with van der Waals surface area (Å²) in [5, 5.41) is 0.375. The quantitative estimate of drug-likeness (QED) is 0.697. The van der Waals surface area contributed by atoms with Gasteiger partial charge in [0.05, 0.1) is 24.3 Å². The van der Waals surface area contributed by atoms with Crippen molar-refractivity contribution in [2.24, 2.45) is 0 Å². The van der Waals surface area contributed by atoms with Gasteiger partial charge in [-0.2, -0.15) is 0 Å². The fourth-order valence-electron chi connectivity index (χ4n) is 1.45. The summed E-state index contributed by atoms with van der Waals surface area (Å²) in [7, 11) is 1.45. The summed E-state index contributed by atoms with van der Waals surface area (Å²) in [4.78, 5) is 22.3. The first-order valence-corrected chi connectivity index (χ1v) is 4.31. The van der Waals surface area contributed by atoms with Gasteiger partial charge in [-0.3, -0.25) is 9.59 Å². The lowest BCUT2D eigenvalue weighted by Crippen LogP contribution is -2.01. The lowest BCUT2D eigenvalue weighted by Gasteiger charge is -2.04. The first kappa shape index (κ1) is 9.45. The van der Waals surface area contributed by atoms with Gasteiger partial charge in [-0.25, -0.2) is 0 Å². The van der Waals surface area contributed by atoms with E-state index >= 15 is 0 Å². The van der Waals surface area contributed by atoms with Gasteiger partial charge < -0.3 is 9.15 Å². The molecule has 0 amide bonds. The minimum absolute atomic E-state index is 0.179. The monoisotopic (exact) mass is 204 g/mol. The highest BCUT2D eigenvalue weighted by Gasteiger charge is 2.10. The number of benzene rings is 1. The molecule has 0 atom stereocenters. The molecule has 1 aromatic carbocycles. The average Bonchev–Trinajstić information content (AvgIpc) is 2.28. The molecule has 4 heteroatoms. The molecule has 0 bridgehead atoms. The summed E-state index contributed by atoms with van der Waals surface area (Å²) < 4.78 is 10.1. The molecule has 1 aromatic heterocycles. The Hall–Kier alpha value is -2.10. The molecule has 0 fully saturated rings. The van der Waals surface area contributed by atoms with Crippen LogP contribution in [0.25, 0.3) is 11.0 Å². The standard InChI is InChI=1S/C11H8O4/c1-14-10-3-2-7-9(13)4-5-15-11(7)8(10)6-12/h2-6H,1H3. The lowest BCUT2D eigenvalue weighted by molar-refractivity contribution is 0.112. The van der Waals surface area contributed by atoms with Crippen molar-refractivity contribution in [1.29, 1.82) is 0 Å². The van der Waals surface area contributed by atoms with E-state index in [1.165, 1.54) is 19.4 Å². The maximum Gasteiger partial charge on any atom is 0.192 e. The van der Waals surface area contributed by atoms with Crippen LogP contribution in [0.15, 0.2) is 33.7 Å². The highest BCUT2D eigenvalue weighted by atomic mass is 16.5. The second kappa shape index (κ2) is 3.57. The van der Waals surface area contributed by atoms with Crippen molar-refractivity contribution in [3.8, 4) is 5.75 Å². The van der Waals surface area contributed by atoms with E-state index < -0.39 is 0 Å². The number of ether oxygens (including phenoxy) is 1. The van der Waals surface area contributed by atoms with E-state index in [1.54, 1.807) is 12.1 Å². The molecule has 0 saturated heterocycles. The van der Waals surface area contributed by atoms with Crippen molar-refractivity contribution in [3.05, 3.63) is 40.2 Å². The third-order valence-corrected chi connectivity index (χ3v) is 2.16. The Morgan fingerprint density at radius 3 is 2.80 bits per heavy atom. The fraction of sp³-hybridized carbons (Fsp3) is 0.0909. The van der Waals surface area contributed by atoms with Crippen LogP contribution < -0.4 is 10.2 Å². The van der Waals surface area contributed by atoms with E-state index in [1.807, 2.05) is 0 Å². The number of hydrogen-bond acceptors (Lipinski definition) is 4.